The van der Waals surface area contributed by atoms with Gasteiger partial charge in [0.05, 0.1) is 21.7 Å². The van der Waals surface area contributed by atoms with Gasteiger partial charge < -0.3 is 4.74 Å². The fourth-order valence-corrected chi connectivity index (χ4v) is 3.69. The first-order chi connectivity index (χ1) is 16.2. The first kappa shape index (κ1) is 23.1. The minimum Gasteiger partial charge on any atom is -0.454 e. The quantitative estimate of drug-likeness (QED) is 0.144. The van der Waals surface area contributed by atoms with Crippen molar-refractivity contribution in [2.24, 2.45) is 0 Å². The van der Waals surface area contributed by atoms with E-state index < -0.39 is 29.0 Å². The highest BCUT2D eigenvalue weighted by Gasteiger charge is 2.20. The number of rotatable bonds is 6. The van der Waals surface area contributed by atoms with Crippen LogP contribution in [-0.4, -0.2) is 28.3 Å². The second kappa shape index (κ2) is 9.41. The molecule has 7 nitrogen and oxygen atoms in total. The molecule has 0 saturated carbocycles. The summed E-state index contributed by atoms with van der Waals surface area (Å²) in [7, 11) is 0. The summed E-state index contributed by atoms with van der Waals surface area (Å²) < 4.78 is 5.31. The van der Waals surface area contributed by atoms with Gasteiger partial charge >= 0.3 is 5.97 Å². The summed E-state index contributed by atoms with van der Waals surface area (Å²) in [6.07, 6.45) is 0. The van der Waals surface area contributed by atoms with Crippen molar-refractivity contribution in [1.29, 1.82) is 0 Å². The monoisotopic (exact) mass is 474 g/mol. The molecule has 0 bridgehead atoms. The van der Waals surface area contributed by atoms with Crippen molar-refractivity contribution >= 4 is 39.9 Å². The molecule has 0 fully saturated rings. The molecule has 3 aromatic carbocycles. The molecule has 0 amide bonds. The van der Waals surface area contributed by atoms with Crippen LogP contribution < -0.4 is 0 Å². The number of carbonyl (C=O) groups is 2. The molecule has 0 N–H and O–H groups in total. The Kier molecular flexibility index (Phi) is 6.38. The topological polar surface area (TPSA) is 99.4 Å². The third-order valence-electron chi connectivity index (χ3n) is 5.33. The predicted molar refractivity (Wildman–Crippen MR) is 129 cm³/mol. The van der Waals surface area contributed by atoms with Crippen LogP contribution in [0.2, 0.25) is 5.02 Å². The second-order valence-corrected chi connectivity index (χ2v) is 8.27. The van der Waals surface area contributed by atoms with Crippen molar-refractivity contribution in [2.45, 2.75) is 13.8 Å². The van der Waals surface area contributed by atoms with Crippen molar-refractivity contribution < 1.29 is 19.2 Å². The largest absolute Gasteiger partial charge is 0.454 e. The summed E-state index contributed by atoms with van der Waals surface area (Å²) in [6, 6.07) is 18.7. The highest BCUT2D eigenvalue weighted by molar-refractivity contribution is 6.32. The summed E-state index contributed by atoms with van der Waals surface area (Å²) in [4.78, 5) is 40.7. The summed E-state index contributed by atoms with van der Waals surface area (Å²) >= 11 is 5.80. The third-order valence-corrected chi connectivity index (χ3v) is 5.65. The number of nitro groups is 1. The number of aromatic nitrogens is 1. The second-order valence-electron chi connectivity index (χ2n) is 7.86. The molecule has 1 heterocycles. The molecule has 1 aromatic heterocycles. The third kappa shape index (κ3) is 4.79. The van der Waals surface area contributed by atoms with Gasteiger partial charge in [-0.1, -0.05) is 53.1 Å². The number of hydrogen-bond donors (Lipinski definition) is 0. The first-order valence-corrected chi connectivity index (χ1v) is 10.7. The molecule has 4 rings (SSSR count). The number of fused-ring (bicyclic) bond motifs is 1. The van der Waals surface area contributed by atoms with Crippen LogP contribution in [0.1, 0.15) is 31.8 Å². The van der Waals surface area contributed by atoms with E-state index in [0.29, 0.717) is 16.6 Å². The lowest BCUT2D eigenvalue weighted by Gasteiger charge is -2.11. The van der Waals surface area contributed by atoms with Crippen molar-refractivity contribution in [3.8, 4) is 11.3 Å². The van der Waals surface area contributed by atoms with E-state index in [4.69, 9.17) is 16.3 Å². The van der Waals surface area contributed by atoms with Gasteiger partial charge in [-0.15, -0.1) is 0 Å². The van der Waals surface area contributed by atoms with E-state index in [1.165, 1.54) is 12.1 Å². The number of nitrogens with zero attached hydrogens (tertiary/aromatic N) is 2. The van der Waals surface area contributed by atoms with Crippen LogP contribution in [0, 0.1) is 24.0 Å². The lowest BCUT2D eigenvalue weighted by molar-refractivity contribution is -0.384. The van der Waals surface area contributed by atoms with Gasteiger partial charge in [0.2, 0.25) is 5.78 Å². The van der Waals surface area contributed by atoms with Crippen LogP contribution in [0.25, 0.3) is 22.2 Å². The number of Topliss-reactive ketones (excluding diaryl/α,β-unsaturated/α-hetero) is 1. The van der Waals surface area contributed by atoms with Gasteiger partial charge in [-0.05, 0) is 44.2 Å². The molecule has 0 aliphatic heterocycles. The van der Waals surface area contributed by atoms with E-state index in [0.717, 1.165) is 22.8 Å². The average Bonchev–Trinajstić information content (AvgIpc) is 2.82. The van der Waals surface area contributed by atoms with Crippen molar-refractivity contribution in [2.75, 3.05) is 6.61 Å². The Bertz CT molecular complexity index is 1450. The Balaban J connectivity index is 1.64. The maximum atomic E-state index is 13.0. The predicted octanol–water partition coefficient (Wildman–Crippen LogP) is 6.12. The Morgan fingerprint density at radius 2 is 1.68 bits per heavy atom. The van der Waals surface area contributed by atoms with Gasteiger partial charge in [-0.3, -0.25) is 14.9 Å². The van der Waals surface area contributed by atoms with Gasteiger partial charge in [-0.2, -0.15) is 0 Å². The SMILES string of the molecule is Cc1ccc(-c2cc(C(=O)OCC(=O)c3ccc(Cl)c([N+](=O)[O-])c3)c3cc(C)ccc3n2)cc1. The number of esters is 1. The Hall–Kier alpha value is -4.10. The van der Waals surface area contributed by atoms with Crippen LogP contribution in [0.5, 0.6) is 0 Å². The van der Waals surface area contributed by atoms with Gasteiger partial charge in [0.25, 0.3) is 5.69 Å². The van der Waals surface area contributed by atoms with Crippen molar-refractivity contribution in [1.82, 2.24) is 4.98 Å². The van der Waals surface area contributed by atoms with E-state index in [9.17, 15) is 19.7 Å². The Labute approximate surface area is 200 Å². The van der Waals surface area contributed by atoms with Crippen molar-refractivity contribution in [3.05, 3.63) is 104 Å². The van der Waals surface area contributed by atoms with Crippen LogP contribution in [0.3, 0.4) is 0 Å². The summed E-state index contributed by atoms with van der Waals surface area (Å²) in [5.74, 6) is -1.27. The highest BCUT2D eigenvalue weighted by Crippen LogP contribution is 2.28. The first-order valence-electron chi connectivity index (χ1n) is 10.4. The lowest BCUT2D eigenvalue weighted by atomic mass is 10.0. The normalized spacial score (nSPS) is 10.8. The molecule has 170 valence electrons. The zero-order chi connectivity index (χ0) is 24.4. The highest BCUT2D eigenvalue weighted by atomic mass is 35.5. The molecule has 0 aliphatic carbocycles. The van der Waals surface area contributed by atoms with Gasteiger partial charge in [0, 0.05) is 22.6 Å². The van der Waals surface area contributed by atoms with E-state index in [1.54, 1.807) is 6.07 Å². The fourth-order valence-electron chi connectivity index (χ4n) is 3.50. The Morgan fingerprint density at radius 3 is 2.38 bits per heavy atom. The maximum Gasteiger partial charge on any atom is 0.339 e. The van der Waals surface area contributed by atoms with Gasteiger partial charge in [-0.25, -0.2) is 9.78 Å². The van der Waals surface area contributed by atoms with Crippen LogP contribution in [0.4, 0.5) is 5.69 Å². The number of halogens is 1. The van der Waals surface area contributed by atoms with E-state index >= 15 is 0 Å². The van der Waals surface area contributed by atoms with E-state index in [2.05, 4.69) is 4.98 Å². The standard InChI is InChI=1S/C26H19ClN2O5/c1-15-3-6-17(7-4-15)23-13-20(19-11-16(2)5-10-22(19)28-23)26(31)34-14-25(30)18-8-9-21(27)24(12-18)29(32)33/h3-13H,14H2,1-2H3. The number of ether oxygens (including phenoxy) is 1. The molecule has 0 saturated heterocycles. The molecule has 0 unspecified atom stereocenters. The molecule has 0 spiro atoms. The molecular weight excluding hydrogens is 456 g/mol. The van der Waals surface area contributed by atoms with Crippen LogP contribution in [0.15, 0.2) is 66.7 Å². The zero-order valence-corrected chi connectivity index (χ0v) is 19.1. The number of aryl methyl sites for hydroxylation is 2. The summed E-state index contributed by atoms with van der Waals surface area (Å²) in [6.45, 7) is 3.31. The minimum absolute atomic E-state index is 0.0275. The number of pyridine rings is 1. The summed E-state index contributed by atoms with van der Waals surface area (Å²) in [5.41, 5.74) is 4.01. The molecule has 8 heteroatoms. The summed E-state index contributed by atoms with van der Waals surface area (Å²) in [5, 5.41) is 11.6. The molecular formula is C26H19ClN2O5. The fraction of sp³-hybridized carbons (Fsp3) is 0.115. The van der Waals surface area contributed by atoms with Crippen molar-refractivity contribution in [3.63, 3.8) is 0 Å². The number of hydrogen-bond acceptors (Lipinski definition) is 6. The molecule has 0 atom stereocenters. The average molecular weight is 475 g/mol. The minimum atomic E-state index is -0.692. The van der Waals surface area contributed by atoms with Gasteiger partial charge in [0.1, 0.15) is 5.02 Å². The van der Waals surface area contributed by atoms with Gasteiger partial charge in [0.15, 0.2) is 6.61 Å². The van der Waals surface area contributed by atoms with E-state index in [-0.39, 0.29) is 16.1 Å². The molecule has 0 aliphatic rings. The van der Waals surface area contributed by atoms with E-state index in [1.807, 2.05) is 56.3 Å². The Morgan fingerprint density at radius 1 is 0.971 bits per heavy atom. The number of benzene rings is 3. The van der Waals surface area contributed by atoms with Crippen LogP contribution in [-0.2, 0) is 4.74 Å². The van der Waals surface area contributed by atoms with Crippen LogP contribution >= 0.6 is 11.6 Å². The molecule has 4 aromatic rings. The maximum absolute atomic E-state index is 13.0. The number of nitro benzene ring substituents is 1. The number of ketones is 1. The zero-order valence-electron chi connectivity index (χ0n) is 18.4. The molecule has 0 radical (unpaired) electrons. The number of carbonyl (C=O) groups excluding carboxylic acids is 2. The lowest BCUT2D eigenvalue weighted by Crippen LogP contribution is -2.15. The molecule has 34 heavy (non-hydrogen) atoms. The smallest absolute Gasteiger partial charge is 0.339 e.